The molecule has 5 nitrogen and oxygen atoms in total. The Morgan fingerprint density at radius 1 is 0.943 bits per heavy atom. The van der Waals surface area contributed by atoms with Crippen LogP contribution in [0, 0.1) is 12.7 Å². The molecule has 2 amide bonds. The zero-order valence-corrected chi connectivity index (χ0v) is 20.2. The van der Waals surface area contributed by atoms with Crippen LogP contribution in [0.1, 0.15) is 39.9 Å². The molecule has 0 saturated carbocycles. The molecule has 0 aromatic heterocycles. The SMILES string of the molecule is Cc1ccc(CN(C(=O)c2cccc(F)c2)c2ccc(CC(=O)NCCN3CCCC3)cc2)cc1. The summed E-state index contributed by atoms with van der Waals surface area (Å²) in [4.78, 5) is 29.7. The number of carbonyl (C=O) groups is 2. The van der Waals surface area contributed by atoms with Crippen molar-refractivity contribution in [2.45, 2.75) is 32.7 Å². The second kappa shape index (κ2) is 11.8. The summed E-state index contributed by atoms with van der Waals surface area (Å²) in [7, 11) is 0. The van der Waals surface area contributed by atoms with E-state index in [0.717, 1.165) is 36.3 Å². The summed E-state index contributed by atoms with van der Waals surface area (Å²) in [6, 6.07) is 21.2. The number of aryl methyl sites for hydroxylation is 1. The normalized spacial score (nSPS) is 13.5. The first-order valence-corrected chi connectivity index (χ1v) is 12.2. The van der Waals surface area contributed by atoms with Crippen LogP contribution >= 0.6 is 0 Å². The molecule has 0 unspecified atom stereocenters. The Balaban J connectivity index is 1.44. The molecule has 1 aliphatic heterocycles. The van der Waals surface area contributed by atoms with Crippen molar-refractivity contribution in [1.82, 2.24) is 10.2 Å². The number of amides is 2. The van der Waals surface area contributed by atoms with Gasteiger partial charge in [-0.15, -0.1) is 0 Å². The summed E-state index contributed by atoms with van der Waals surface area (Å²) >= 11 is 0. The summed E-state index contributed by atoms with van der Waals surface area (Å²) in [5, 5.41) is 3.00. The van der Waals surface area contributed by atoms with Crippen molar-refractivity contribution in [2.75, 3.05) is 31.1 Å². The third kappa shape index (κ3) is 6.99. The zero-order chi connectivity index (χ0) is 24.6. The minimum absolute atomic E-state index is 0.00991. The monoisotopic (exact) mass is 473 g/mol. The van der Waals surface area contributed by atoms with Gasteiger partial charge in [0.05, 0.1) is 13.0 Å². The molecule has 4 rings (SSSR count). The van der Waals surface area contributed by atoms with Crippen LogP contribution in [-0.4, -0.2) is 42.9 Å². The Hall–Kier alpha value is -3.51. The molecule has 1 heterocycles. The summed E-state index contributed by atoms with van der Waals surface area (Å²) in [6.07, 6.45) is 2.77. The molecule has 6 heteroatoms. The smallest absolute Gasteiger partial charge is 0.258 e. The van der Waals surface area contributed by atoms with Crippen LogP contribution in [0.5, 0.6) is 0 Å². The minimum atomic E-state index is -0.447. The first kappa shape index (κ1) is 24.6. The fourth-order valence-electron chi connectivity index (χ4n) is 4.34. The maximum atomic E-state index is 13.8. The van der Waals surface area contributed by atoms with Crippen molar-refractivity contribution in [3.8, 4) is 0 Å². The predicted octanol–water partition coefficient (Wildman–Crippen LogP) is 4.74. The standard InChI is InChI=1S/C29H32FN3O2/c1-22-7-9-24(10-8-22)21-33(29(35)25-5-4-6-26(30)20-25)27-13-11-23(12-14-27)19-28(34)31-15-18-32-16-2-3-17-32/h4-14,20H,2-3,15-19,21H2,1H3,(H,31,34). The lowest BCUT2D eigenvalue weighted by Gasteiger charge is -2.24. The molecule has 0 atom stereocenters. The zero-order valence-electron chi connectivity index (χ0n) is 20.2. The van der Waals surface area contributed by atoms with Gasteiger partial charge in [0.15, 0.2) is 0 Å². The lowest BCUT2D eigenvalue weighted by molar-refractivity contribution is -0.120. The van der Waals surface area contributed by atoms with Crippen LogP contribution in [0.3, 0.4) is 0 Å². The number of nitrogens with one attached hydrogen (secondary N) is 1. The fourth-order valence-corrected chi connectivity index (χ4v) is 4.34. The van der Waals surface area contributed by atoms with Crippen molar-refractivity contribution < 1.29 is 14.0 Å². The van der Waals surface area contributed by atoms with E-state index in [-0.39, 0.29) is 18.2 Å². The van der Waals surface area contributed by atoms with Crippen LogP contribution in [0.15, 0.2) is 72.8 Å². The van der Waals surface area contributed by atoms with Crippen molar-refractivity contribution in [3.05, 3.63) is 101 Å². The molecule has 1 N–H and O–H groups in total. The molecular weight excluding hydrogens is 441 g/mol. The molecule has 1 fully saturated rings. The van der Waals surface area contributed by atoms with Gasteiger partial charge in [-0.1, -0.05) is 48.0 Å². The first-order valence-electron chi connectivity index (χ1n) is 12.2. The number of hydrogen-bond donors (Lipinski definition) is 1. The van der Waals surface area contributed by atoms with E-state index in [9.17, 15) is 14.0 Å². The van der Waals surface area contributed by atoms with E-state index in [1.807, 2.05) is 55.5 Å². The number of benzene rings is 3. The first-order chi connectivity index (χ1) is 17.0. The summed E-state index contributed by atoms with van der Waals surface area (Å²) < 4.78 is 13.8. The number of likely N-dealkylation sites (tertiary alicyclic amines) is 1. The van der Waals surface area contributed by atoms with E-state index in [1.54, 1.807) is 11.0 Å². The van der Waals surface area contributed by atoms with Crippen molar-refractivity contribution in [2.24, 2.45) is 0 Å². The Morgan fingerprint density at radius 3 is 2.31 bits per heavy atom. The Kier molecular flexibility index (Phi) is 8.27. The van der Waals surface area contributed by atoms with E-state index in [2.05, 4.69) is 10.2 Å². The Bertz CT molecular complexity index is 1140. The maximum absolute atomic E-state index is 13.8. The van der Waals surface area contributed by atoms with Crippen LogP contribution in [0.25, 0.3) is 0 Å². The van der Waals surface area contributed by atoms with Gasteiger partial charge in [0.2, 0.25) is 5.91 Å². The van der Waals surface area contributed by atoms with Crippen molar-refractivity contribution >= 4 is 17.5 Å². The van der Waals surface area contributed by atoms with Crippen molar-refractivity contribution in [1.29, 1.82) is 0 Å². The topological polar surface area (TPSA) is 52.7 Å². The highest BCUT2D eigenvalue weighted by Gasteiger charge is 2.19. The fraction of sp³-hybridized carbons (Fsp3) is 0.310. The van der Waals surface area contributed by atoms with Crippen LogP contribution in [-0.2, 0) is 17.8 Å². The summed E-state index contributed by atoms with van der Waals surface area (Å²) in [6.45, 7) is 6.15. The van der Waals surface area contributed by atoms with Crippen molar-refractivity contribution in [3.63, 3.8) is 0 Å². The molecule has 0 aliphatic carbocycles. The summed E-state index contributed by atoms with van der Waals surface area (Å²) in [5.74, 6) is -0.737. The third-order valence-corrected chi connectivity index (χ3v) is 6.34. The molecule has 0 radical (unpaired) electrons. The number of anilines is 1. The van der Waals surface area contributed by atoms with Gasteiger partial charge in [0, 0.05) is 24.3 Å². The third-order valence-electron chi connectivity index (χ3n) is 6.34. The van der Waals surface area contributed by atoms with Gasteiger partial charge in [0.1, 0.15) is 5.82 Å². The molecule has 1 saturated heterocycles. The van der Waals surface area contributed by atoms with E-state index >= 15 is 0 Å². The van der Waals surface area contributed by atoms with E-state index < -0.39 is 5.82 Å². The maximum Gasteiger partial charge on any atom is 0.258 e. The number of nitrogens with zero attached hydrogens (tertiary/aromatic N) is 2. The van der Waals surface area contributed by atoms with Gasteiger partial charge in [-0.3, -0.25) is 9.59 Å². The van der Waals surface area contributed by atoms with Gasteiger partial charge < -0.3 is 15.1 Å². The molecule has 35 heavy (non-hydrogen) atoms. The van der Waals surface area contributed by atoms with E-state index in [0.29, 0.717) is 24.3 Å². The second-order valence-electron chi connectivity index (χ2n) is 9.13. The molecular formula is C29H32FN3O2. The Labute approximate surface area is 206 Å². The van der Waals surface area contributed by atoms with Gasteiger partial charge in [0.25, 0.3) is 5.91 Å². The lowest BCUT2D eigenvalue weighted by Crippen LogP contribution is -2.34. The molecule has 182 valence electrons. The highest BCUT2D eigenvalue weighted by molar-refractivity contribution is 6.06. The Morgan fingerprint density at radius 2 is 1.63 bits per heavy atom. The van der Waals surface area contributed by atoms with Crippen LogP contribution in [0.2, 0.25) is 0 Å². The van der Waals surface area contributed by atoms with Crippen LogP contribution in [0.4, 0.5) is 10.1 Å². The van der Waals surface area contributed by atoms with E-state index in [4.69, 9.17) is 0 Å². The van der Waals surface area contributed by atoms with Gasteiger partial charge >= 0.3 is 0 Å². The molecule has 0 bridgehead atoms. The predicted molar refractivity (Wildman–Crippen MR) is 137 cm³/mol. The average molecular weight is 474 g/mol. The second-order valence-corrected chi connectivity index (χ2v) is 9.13. The van der Waals surface area contributed by atoms with E-state index in [1.165, 1.54) is 31.0 Å². The molecule has 1 aliphatic rings. The number of rotatable bonds is 9. The lowest BCUT2D eigenvalue weighted by atomic mass is 10.1. The minimum Gasteiger partial charge on any atom is -0.355 e. The summed E-state index contributed by atoms with van der Waals surface area (Å²) in [5.41, 5.74) is 3.97. The molecule has 0 spiro atoms. The van der Waals surface area contributed by atoms with Gasteiger partial charge in [-0.05, 0) is 74.3 Å². The highest BCUT2D eigenvalue weighted by Crippen LogP contribution is 2.22. The quantitative estimate of drug-likeness (QED) is 0.489. The molecule has 3 aromatic rings. The largest absolute Gasteiger partial charge is 0.355 e. The molecule has 3 aromatic carbocycles. The average Bonchev–Trinajstić information content (AvgIpc) is 3.37. The number of halogens is 1. The number of carbonyl (C=O) groups excluding carboxylic acids is 2. The highest BCUT2D eigenvalue weighted by atomic mass is 19.1. The van der Waals surface area contributed by atoms with Crippen LogP contribution < -0.4 is 10.2 Å². The van der Waals surface area contributed by atoms with Gasteiger partial charge in [-0.25, -0.2) is 4.39 Å². The van der Waals surface area contributed by atoms with Gasteiger partial charge in [-0.2, -0.15) is 0 Å². The number of hydrogen-bond acceptors (Lipinski definition) is 3.